The van der Waals surface area contributed by atoms with Crippen molar-refractivity contribution in [1.29, 1.82) is 5.26 Å². The molecule has 0 aromatic heterocycles. The first-order valence-electron chi connectivity index (χ1n) is 4.76. The standard InChI is InChI=1S/C10H16N2O3/c1-4-10(2,7-11)9(14)12-6-5-8(13)15-3/h4-6H2,1-3H3,(H,12,14). The zero-order valence-corrected chi connectivity index (χ0v) is 9.29. The van der Waals surface area contributed by atoms with Gasteiger partial charge in [-0.2, -0.15) is 5.26 Å². The van der Waals surface area contributed by atoms with Gasteiger partial charge in [0.1, 0.15) is 5.41 Å². The second kappa shape index (κ2) is 6.02. The van der Waals surface area contributed by atoms with Gasteiger partial charge in [-0.15, -0.1) is 0 Å². The number of hydrogen-bond donors (Lipinski definition) is 1. The molecule has 0 saturated heterocycles. The van der Waals surface area contributed by atoms with Crippen molar-refractivity contribution in [3.05, 3.63) is 0 Å². The predicted molar refractivity (Wildman–Crippen MR) is 53.7 cm³/mol. The second-order valence-electron chi connectivity index (χ2n) is 3.38. The summed E-state index contributed by atoms with van der Waals surface area (Å²) in [6.07, 6.45) is 0.557. The number of nitrogens with one attached hydrogen (secondary N) is 1. The first kappa shape index (κ1) is 13.4. The molecular formula is C10H16N2O3. The summed E-state index contributed by atoms with van der Waals surface area (Å²) in [4.78, 5) is 22.3. The first-order valence-corrected chi connectivity index (χ1v) is 4.76. The normalized spacial score (nSPS) is 13.5. The summed E-state index contributed by atoms with van der Waals surface area (Å²) in [6, 6.07) is 1.95. The molecule has 0 radical (unpaired) electrons. The van der Waals surface area contributed by atoms with Crippen LogP contribution in [-0.4, -0.2) is 25.5 Å². The van der Waals surface area contributed by atoms with E-state index >= 15 is 0 Å². The van der Waals surface area contributed by atoms with E-state index in [0.717, 1.165) is 0 Å². The smallest absolute Gasteiger partial charge is 0.307 e. The van der Waals surface area contributed by atoms with Crippen LogP contribution in [-0.2, 0) is 14.3 Å². The number of hydrogen-bond acceptors (Lipinski definition) is 4. The number of rotatable bonds is 5. The zero-order valence-electron chi connectivity index (χ0n) is 9.29. The minimum atomic E-state index is -1.02. The fourth-order valence-corrected chi connectivity index (χ4v) is 0.866. The summed E-state index contributed by atoms with van der Waals surface area (Å²) in [5.74, 6) is -0.734. The van der Waals surface area contributed by atoms with Crippen molar-refractivity contribution < 1.29 is 14.3 Å². The maximum absolute atomic E-state index is 11.5. The van der Waals surface area contributed by atoms with Gasteiger partial charge in [0.15, 0.2) is 0 Å². The fraction of sp³-hybridized carbons (Fsp3) is 0.700. The van der Waals surface area contributed by atoms with Crippen LogP contribution in [0.2, 0.25) is 0 Å². The van der Waals surface area contributed by atoms with Gasteiger partial charge >= 0.3 is 5.97 Å². The summed E-state index contributed by atoms with van der Waals surface area (Å²) < 4.78 is 4.42. The summed E-state index contributed by atoms with van der Waals surface area (Å²) in [7, 11) is 1.29. The minimum Gasteiger partial charge on any atom is -0.469 e. The molecule has 0 saturated carbocycles. The summed E-state index contributed by atoms with van der Waals surface area (Å²) >= 11 is 0. The Morgan fingerprint density at radius 3 is 2.53 bits per heavy atom. The van der Waals surface area contributed by atoms with Crippen LogP contribution in [0.5, 0.6) is 0 Å². The Hall–Kier alpha value is -1.57. The van der Waals surface area contributed by atoms with E-state index in [1.807, 2.05) is 6.07 Å². The van der Waals surface area contributed by atoms with Crippen LogP contribution in [0, 0.1) is 16.7 Å². The van der Waals surface area contributed by atoms with Crippen molar-refractivity contribution in [3.8, 4) is 6.07 Å². The molecule has 0 fully saturated rings. The van der Waals surface area contributed by atoms with Crippen molar-refractivity contribution in [1.82, 2.24) is 5.32 Å². The molecular weight excluding hydrogens is 196 g/mol. The minimum absolute atomic E-state index is 0.119. The van der Waals surface area contributed by atoms with Gasteiger partial charge in [-0.1, -0.05) is 6.92 Å². The number of methoxy groups -OCH3 is 1. The molecule has 1 unspecified atom stereocenters. The molecule has 0 aromatic rings. The van der Waals surface area contributed by atoms with E-state index in [4.69, 9.17) is 5.26 Å². The third-order valence-electron chi connectivity index (χ3n) is 2.30. The Kier molecular flexibility index (Phi) is 5.39. The van der Waals surface area contributed by atoms with E-state index in [9.17, 15) is 9.59 Å². The topological polar surface area (TPSA) is 79.2 Å². The van der Waals surface area contributed by atoms with Crippen LogP contribution in [0.4, 0.5) is 0 Å². The highest BCUT2D eigenvalue weighted by Gasteiger charge is 2.30. The maximum Gasteiger partial charge on any atom is 0.307 e. The van der Waals surface area contributed by atoms with Crippen LogP contribution in [0.25, 0.3) is 0 Å². The Morgan fingerprint density at radius 1 is 1.53 bits per heavy atom. The molecule has 5 nitrogen and oxygen atoms in total. The number of ether oxygens (including phenoxy) is 1. The predicted octanol–water partition coefficient (Wildman–Crippen LogP) is 0.606. The summed E-state index contributed by atoms with van der Waals surface area (Å²) in [5.41, 5.74) is -1.02. The largest absolute Gasteiger partial charge is 0.469 e. The van der Waals surface area contributed by atoms with Gasteiger partial charge in [0.05, 0.1) is 19.6 Å². The van der Waals surface area contributed by atoms with Gasteiger partial charge < -0.3 is 10.1 Å². The molecule has 0 aliphatic carbocycles. The van der Waals surface area contributed by atoms with E-state index in [1.165, 1.54) is 7.11 Å². The van der Waals surface area contributed by atoms with Crippen LogP contribution < -0.4 is 5.32 Å². The zero-order chi connectivity index (χ0) is 11.9. The van der Waals surface area contributed by atoms with Crippen LogP contribution in [0.15, 0.2) is 0 Å². The number of carbonyl (C=O) groups excluding carboxylic acids is 2. The van der Waals surface area contributed by atoms with Gasteiger partial charge in [0.25, 0.3) is 0 Å². The quantitative estimate of drug-likeness (QED) is 0.677. The molecule has 0 aromatic carbocycles. The molecule has 84 valence electrons. The van der Waals surface area contributed by atoms with E-state index < -0.39 is 5.41 Å². The van der Waals surface area contributed by atoms with Crippen molar-refractivity contribution >= 4 is 11.9 Å². The number of nitriles is 1. The van der Waals surface area contributed by atoms with Crippen molar-refractivity contribution in [2.75, 3.05) is 13.7 Å². The molecule has 0 rings (SSSR count). The van der Waals surface area contributed by atoms with Gasteiger partial charge in [0, 0.05) is 6.54 Å². The monoisotopic (exact) mass is 212 g/mol. The summed E-state index contributed by atoms with van der Waals surface area (Å²) in [6.45, 7) is 3.53. The lowest BCUT2D eigenvalue weighted by molar-refractivity contribution is -0.140. The average molecular weight is 212 g/mol. The Morgan fingerprint density at radius 2 is 2.13 bits per heavy atom. The summed E-state index contributed by atoms with van der Waals surface area (Å²) in [5, 5.41) is 11.3. The Bertz CT molecular complexity index is 283. The van der Waals surface area contributed by atoms with Gasteiger partial charge in [-0.05, 0) is 13.3 Å². The molecule has 5 heteroatoms. The van der Waals surface area contributed by atoms with Gasteiger partial charge in [-0.3, -0.25) is 9.59 Å². The number of amides is 1. The molecule has 1 atom stereocenters. The number of carbonyl (C=O) groups is 2. The molecule has 1 N–H and O–H groups in total. The number of nitrogens with zero attached hydrogens (tertiary/aromatic N) is 1. The molecule has 0 bridgehead atoms. The van der Waals surface area contributed by atoms with Gasteiger partial charge in [0.2, 0.25) is 5.91 Å². The van der Waals surface area contributed by atoms with Crippen molar-refractivity contribution in [2.45, 2.75) is 26.7 Å². The molecule has 0 spiro atoms. The van der Waals surface area contributed by atoms with Crippen LogP contribution >= 0.6 is 0 Å². The third-order valence-corrected chi connectivity index (χ3v) is 2.30. The second-order valence-corrected chi connectivity index (χ2v) is 3.38. The van der Waals surface area contributed by atoms with E-state index in [1.54, 1.807) is 13.8 Å². The van der Waals surface area contributed by atoms with Crippen molar-refractivity contribution in [3.63, 3.8) is 0 Å². The fourth-order valence-electron chi connectivity index (χ4n) is 0.866. The average Bonchev–Trinajstić information content (AvgIpc) is 2.27. The van der Waals surface area contributed by atoms with E-state index in [0.29, 0.717) is 6.42 Å². The highest BCUT2D eigenvalue weighted by molar-refractivity contribution is 5.85. The molecule has 0 heterocycles. The number of esters is 1. The molecule has 0 aliphatic rings. The lowest BCUT2D eigenvalue weighted by Crippen LogP contribution is -2.38. The first-order chi connectivity index (χ1) is 7.00. The third kappa shape index (κ3) is 3.98. The van der Waals surface area contributed by atoms with Crippen LogP contribution in [0.3, 0.4) is 0 Å². The Balaban J connectivity index is 4.05. The Labute approximate surface area is 89.4 Å². The van der Waals surface area contributed by atoms with Crippen LogP contribution in [0.1, 0.15) is 26.7 Å². The lowest BCUT2D eigenvalue weighted by Gasteiger charge is -2.18. The van der Waals surface area contributed by atoms with Crippen molar-refractivity contribution in [2.24, 2.45) is 5.41 Å². The van der Waals surface area contributed by atoms with E-state index in [2.05, 4.69) is 10.1 Å². The molecule has 15 heavy (non-hydrogen) atoms. The lowest BCUT2D eigenvalue weighted by atomic mass is 9.88. The van der Waals surface area contributed by atoms with E-state index in [-0.39, 0.29) is 24.8 Å². The maximum atomic E-state index is 11.5. The highest BCUT2D eigenvalue weighted by atomic mass is 16.5. The molecule has 0 aliphatic heterocycles. The highest BCUT2D eigenvalue weighted by Crippen LogP contribution is 2.19. The molecule has 1 amide bonds. The van der Waals surface area contributed by atoms with Gasteiger partial charge in [-0.25, -0.2) is 0 Å². The SMILES string of the molecule is CCC(C)(C#N)C(=O)NCCC(=O)OC.